The van der Waals surface area contributed by atoms with E-state index >= 15 is 0 Å². The first-order valence-electron chi connectivity index (χ1n) is 15.1. The fourth-order valence-corrected chi connectivity index (χ4v) is 6.85. The highest BCUT2D eigenvalue weighted by molar-refractivity contribution is 7.92. The van der Waals surface area contributed by atoms with Crippen molar-refractivity contribution in [2.45, 2.75) is 50.2 Å². The Kier molecular flexibility index (Phi) is 12.0. The van der Waals surface area contributed by atoms with Gasteiger partial charge in [0.05, 0.1) is 24.8 Å². The van der Waals surface area contributed by atoms with Crippen LogP contribution in [0.25, 0.3) is 0 Å². The largest absolute Gasteiger partial charge is 0.493 e. The van der Waals surface area contributed by atoms with Gasteiger partial charge in [-0.1, -0.05) is 65.7 Å². The zero-order chi connectivity index (χ0) is 35.1. The standard InChI is InChI=1S/C36H39Cl2N3O6S/c1-36(2,3)39-35(43)31(21-25-10-7-6-8-11-25)40(23-26-12-9-13-28(38)20-26)34(42)24-41(29-16-14-27(37)15-17-29)48(44,45)30-18-19-32(46-4)33(22-30)47-5/h6-20,22,31H,21,23-24H2,1-5H3,(H,39,43). The van der Waals surface area contributed by atoms with E-state index in [0.717, 1.165) is 9.87 Å². The van der Waals surface area contributed by atoms with Gasteiger partial charge < -0.3 is 19.7 Å². The number of amides is 2. The summed E-state index contributed by atoms with van der Waals surface area (Å²) in [5.41, 5.74) is 1.08. The predicted octanol–water partition coefficient (Wildman–Crippen LogP) is 6.76. The van der Waals surface area contributed by atoms with Gasteiger partial charge in [0.2, 0.25) is 11.8 Å². The number of carbonyl (C=O) groups excluding carboxylic acids is 2. The molecule has 2 amide bonds. The van der Waals surface area contributed by atoms with Gasteiger partial charge in [0.25, 0.3) is 10.0 Å². The van der Waals surface area contributed by atoms with E-state index in [1.165, 1.54) is 61.6 Å². The van der Waals surface area contributed by atoms with Gasteiger partial charge in [0.15, 0.2) is 11.5 Å². The molecule has 4 rings (SSSR count). The highest BCUT2D eigenvalue weighted by atomic mass is 35.5. The maximum Gasteiger partial charge on any atom is 0.264 e. The lowest BCUT2D eigenvalue weighted by Gasteiger charge is -2.35. The third-order valence-electron chi connectivity index (χ3n) is 7.35. The van der Waals surface area contributed by atoms with Crippen LogP contribution in [0.5, 0.6) is 11.5 Å². The van der Waals surface area contributed by atoms with Gasteiger partial charge in [0.1, 0.15) is 12.6 Å². The summed E-state index contributed by atoms with van der Waals surface area (Å²) in [4.78, 5) is 29.9. The second-order valence-electron chi connectivity index (χ2n) is 12.1. The van der Waals surface area contributed by atoms with E-state index in [1.54, 1.807) is 24.3 Å². The predicted molar refractivity (Wildman–Crippen MR) is 189 cm³/mol. The van der Waals surface area contributed by atoms with E-state index in [0.29, 0.717) is 21.4 Å². The van der Waals surface area contributed by atoms with Gasteiger partial charge in [-0.15, -0.1) is 0 Å². The fraction of sp³-hybridized carbons (Fsp3) is 0.278. The van der Waals surface area contributed by atoms with Gasteiger partial charge in [0, 0.05) is 34.6 Å². The number of hydrogen-bond acceptors (Lipinski definition) is 6. The molecular weight excluding hydrogens is 673 g/mol. The summed E-state index contributed by atoms with van der Waals surface area (Å²) in [6.07, 6.45) is 0.179. The first-order chi connectivity index (χ1) is 22.7. The molecule has 0 bridgehead atoms. The van der Waals surface area contributed by atoms with Crippen LogP contribution in [0.1, 0.15) is 31.9 Å². The highest BCUT2D eigenvalue weighted by Gasteiger charge is 2.36. The Morgan fingerprint density at radius 1 is 0.792 bits per heavy atom. The lowest BCUT2D eigenvalue weighted by molar-refractivity contribution is -0.140. The lowest BCUT2D eigenvalue weighted by atomic mass is 10.0. The number of halogens is 2. The monoisotopic (exact) mass is 711 g/mol. The summed E-state index contributed by atoms with van der Waals surface area (Å²) in [5.74, 6) is -0.460. The first kappa shape index (κ1) is 36.6. The highest BCUT2D eigenvalue weighted by Crippen LogP contribution is 2.33. The topological polar surface area (TPSA) is 105 Å². The summed E-state index contributed by atoms with van der Waals surface area (Å²) >= 11 is 12.5. The molecule has 0 radical (unpaired) electrons. The van der Waals surface area contributed by atoms with Crippen molar-refractivity contribution in [3.63, 3.8) is 0 Å². The molecule has 12 heteroatoms. The molecule has 0 saturated heterocycles. The number of methoxy groups -OCH3 is 2. The number of anilines is 1. The van der Waals surface area contributed by atoms with Crippen molar-refractivity contribution in [2.24, 2.45) is 0 Å². The van der Waals surface area contributed by atoms with Gasteiger partial charge in [-0.25, -0.2) is 8.42 Å². The number of rotatable bonds is 13. The van der Waals surface area contributed by atoms with Gasteiger partial charge in [-0.2, -0.15) is 0 Å². The summed E-state index contributed by atoms with van der Waals surface area (Å²) in [6, 6.07) is 25.6. The number of hydrogen-bond donors (Lipinski definition) is 1. The summed E-state index contributed by atoms with van der Waals surface area (Å²) in [7, 11) is -1.53. The molecule has 0 heterocycles. The molecule has 0 saturated carbocycles. The number of ether oxygens (including phenoxy) is 2. The minimum atomic E-state index is -4.38. The zero-order valence-corrected chi connectivity index (χ0v) is 29.8. The van der Waals surface area contributed by atoms with Crippen LogP contribution in [0.3, 0.4) is 0 Å². The van der Waals surface area contributed by atoms with Gasteiger partial charge >= 0.3 is 0 Å². The first-order valence-corrected chi connectivity index (χ1v) is 17.3. The van der Waals surface area contributed by atoms with E-state index < -0.39 is 34.1 Å². The SMILES string of the molecule is COc1ccc(S(=O)(=O)N(CC(=O)N(Cc2cccc(Cl)c2)C(Cc2ccccc2)C(=O)NC(C)(C)C)c2ccc(Cl)cc2)cc1OC. The number of nitrogens with one attached hydrogen (secondary N) is 1. The van der Waals surface area contributed by atoms with Crippen molar-refractivity contribution in [3.8, 4) is 11.5 Å². The molecule has 0 aliphatic carbocycles. The zero-order valence-electron chi connectivity index (χ0n) is 27.4. The number of sulfonamides is 1. The van der Waals surface area contributed by atoms with Gasteiger partial charge in [-0.05, 0) is 80.4 Å². The Bertz CT molecular complexity index is 1830. The van der Waals surface area contributed by atoms with Crippen LogP contribution in [-0.2, 0) is 32.6 Å². The van der Waals surface area contributed by atoms with Crippen molar-refractivity contribution < 1.29 is 27.5 Å². The third kappa shape index (κ3) is 9.43. The quantitative estimate of drug-likeness (QED) is 0.164. The van der Waals surface area contributed by atoms with Crippen molar-refractivity contribution in [1.82, 2.24) is 10.2 Å². The Morgan fingerprint density at radius 3 is 2.04 bits per heavy atom. The maximum atomic E-state index is 14.6. The van der Waals surface area contributed by atoms with Crippen LogP contribution in [0.4, 0.5) is 5.69 Å². The summed E-state index contributed by atoms with van der Waals surface area (Å²) < 4.78 is 40.4. The van der Waals surface area contributed by atoms with E-state index in [9.17, 15) is 18.0 Å². The number of nitrogens with zero attached hydrogens (tertiary/aromatic N) is 2. The van der Waals surface area contributed by atoms with Gasteiger partial charge in [-0.3, -0.25) is 13.9 Å². The fourth-order valence-electron chi connectivity index (χ4n) is 5.08. The van der Waals surface area contributed by atoms with E-state index in [4.69, 9.17) is 32.7 Å². The van der Waals surface area contributed by atoms with Crippen molar-refractivity contribution >= 4 is 50.7 Å². The Hall–Kier alpha value is -4.25. The number of carbonyl (C=O) groups is 2. The van der Waals surface area contributed by atoms with Crippen LogP contribution in [0.15, 0.2) is 102 Å². The average molecular weight is 713 g/mol. The number of benzene rings is 4. The smallest absolute Gasteiger partial charge is 0.264 e. The second kappa shape index (κ2) is 15.8. The third-order valence-corrected chi connectivity index (χ3v) is 9.60. The van der Waals surface area contributed by atoms with E-state index in [-0.39, 0.29) is 35.2 Å². The van der Waals surface area contributed by atoms with E-state index in [2.05, 4.69) is 5.32 Å². The average Bonchev–Trinajstić information content (AvgIpc) is 3.04. The minimum Gasteiger partial charge on any atom is -0.493 e. The molecular formula is C36H39Cl2N3O6S. The minimum absolute atomic E-state index is 0.0146. The maximum absolute atomic E-state index is 14.6. The van der Waals surface area contributed by atoms with Crippen LogP contribution in [0, 0.1) is 0 Å². The van der Waals surface area contributed by atoms with Crippen LogP contribution >= 0.6 is 23.2 Å². The molecule has 4 aromatic carbocycles. The molecule has 0 aliphatic heterocycles. The Balaban J connectivity index is 1.84. The molecule has 254 valence electrons. The van der Waals surface area contributed by atoms with Crippen LogP contribution in [-0.4, -0.2) is 57.5 Å². The molecule has 1 atom stereocenters. The molecule has 0 aromatic heterocycles. The summed E-state index contributed by atoms with van der Waals surface area (Å²) in [6.45, 7) is 4.91. The molecule has 9 nitrogen and oxygen atoms in total. The molecule has 1 unspecified atom stereocenters. The van der Waals surface area contributed by atoms with Crippen molar-refractivity contribution in [1.29, 1.82) is 0 Å². The lowest BCUT2D eigenvalue weighted by Crippen LogP contribution is -2.56. The second-order valence-corrected chi connectivity index (χ2v) is 14.8. The van der Waals surface area contributed by atoms with Crippen LogP contribution < -0.4 is 19.1 Å². The normalized spacial score (nSPS) is 12.1. The molecule has 48 heavy (non-hydrogen) atoms. The van der Waals surface area contributed by atoms with Crippen molar-refractivity contribution in [2.75, 3.05) is 25.1 Å². The van der Waals surface area contributed by atoms with E-state index in [1.807, 2.05) is 51.1 Å². The molecule has 1 N–H and O–H groups in total. The Morgan fingerprint density at radius 2 is 1.44 bits per heavy atom. The van der Waals surface area contributed by atoms with Crippen molar-refractivity contribution in [3.05, 3.63) is 118 Å². The molecule has 0 aliphatic rings. The summed E-state index contributed by atoms with van der Waals surface area (Å²) in [5, 5.41) is 3.85. The molecule has 0 fully saturated rings. The Labute approximate surface area is 292 Å². The molecule has 0 spiro atoms. The van der Waals surface area contributed by atoms with Crippen LogP contribution in [0.2, 0.25) is 10.0 Å². The molecule has 4 aromatic rings.